The van der Waals surface area contributed by atoms with Gasteiger partial charge < -0.3 is 5.32 Å². The zero-order chi connectivity index (χ0) is 12.5. The zero-order valence-corrected chi connectivity index (χ0v) is 10.5. The van der Waals surface area contributed by atoms with Crippen LogP contribution in [0.25, 0.3) is 5.65 Å². The van der Waals surface area contributed by atoms with E-state index < -0.39 is 0 Å². The Bertz CT molecular complexity index is 607. The summed E-state index contributed by atoms with van der Waals surface area (Å²) in [6, 6.07) is 2.13. The molecule has 1 saturated carbocycles. The molecule has 6 nitrogen and oxygen atoms in total. The lowest BCUT2D eigenvalue weighted by molar-refractivity contribution is 0.561. The molecule has 0 aliphatic heterocycles. The van der Waals surface area contributed by atoms with Crippen LogP contribution in [0.4, 0.5) is 5.82 Å². The van der Waals surface area contributed by atoms with Gasteiger partial charge in [0.25, 0.3) is 0 Å². The molecule has 0 aromatic carbocycles. The fraction of sp³-hybridized carbons (Fsp3) is 0.545. The molecule has 18 heavy (non-hydrogen) atoms. The third kappa shape index (κ3) is 1.96. The Morgan fingerprint density at radius 1 is 1.56 bits per heavy atom. The quantitative estimate of drug-likeness (QED) is 0.821. The van der Waals surface area contributed by atoms with E-state index >= 15 is 0 Å². The summed E-state index contributed by atoms with van der Waals surface area (Å²) in [6.45, 7) is 0. The maximum atomic E-state index is 11.3. The number of hydrogen-bond acceptors (Lipinski definition) is 4. The Morgan fingerprint density at radius 2 is 2.44 bits per heavy atom. The van der Waals surface area contributed by atoms with Gasteiger partial charge in [0, 0.05) is 18.0 Å². The number of H-pyrrole nitrogens is 1. The van der Waals surface area contributed by atoms with E-state index in [2.05, 4.69) is 20.5 Å². The lowest BCUT2D eigenvalue weighted by Crippen LogP contribution is -2.25. The predicted octanol–water partition coefficient (Wildman–Crippen LogP) is 1.24. The third-order valence-corrected chi connectivity index (χ3v) is 3.90. The molecule has 7 heteroatoms. The number of alkyl halides is 1. The van der Waals surface area contributed by atoms with Gasteiger partial charge in [-0.1, -0.05) is 6.42 Å². The summed E-state index contributed by atoms with van der Waals surface area (Å²) >= 11 is 5.94. The lowest BCUT2D eigenvalue weighted by Gasteiger charge is -2.19. The molecule has 1 fully saturated rings. The number of aromatic amines is 1. The van der Waals surface area contributed by atoms with Crippen molar-refractivity contribution in [2.24, 2.45) is 5.92 Å². The smallest absolute Gasteiger partial charge is 0.348 e. The third-order valence-electron chi connectivity index (χ3n) is 3.50. The van der Waals surface area contributed by atoms with Gasteiger partial charge in [-0.2, -0.15) is 5.10 Å². The number of aromatic nitrogens is 4. The van der Waals surface area contributed by atoms with Crippen molar-refractivity contribution in [3.8, 4) is 0 Å². The van der Waals surface area contributed by atoms with Gasteiger partial charge in [0.1, 0.15) is 12.1 Å². The van der Waals surface area contributed by atoms with Crippen LogP contribution >= 0.6 is 11.6 Å². The van der Waals surface area contributed by atoms with Crippen LogP contribution in [0.3, 0.4) is 0 Å². The van der Waals surface area contributed by atoms with Crippen molar-refractivity contribution in [1.82, 2.24) is 19.6 Å². The monoisotopic (exact) mass is 267 g/mol. The second-order valence-corrected chi connectivity index (χ2v) is 4.94. The average molecular weight is 268 g/mol. The minimum absolute atomic E-state index is 0.274. The molecule has 2 aromatic rings. The van der Waals surface area contributed by atoms with Crippen LogP contribution in [0.2, 0.25) is 0 Å². The molecule has 2 atom stereocenters. The minimum atomic E-state index is -0.274. The molecule has 96 valence electrons. The SMILES string of the molecule is O=c1[nH]nc2cc(NC3CCCC3CCl)ncn12. The normalized spacial score (nSPS) is 23.6. The first kappa shape index (κ1) is 11.5. The molecule has 0 spiro atoms. The number of anilines is 1. The Hall–Kier alpha value is -1.56. The average Bonchev–Trinajstić information content (AvgIpc) is 2.97. The standard InChI is InChI=1S/C11H14ClN5O/c12-5-7-2-1-3-8(7)14-9-4-10-15-16-11(18)17(10)6-13-9/h4,6-8,14H,1-3,5H2,(H,16,18). The zero-order valence-electron chi connectivity index (χ0n) is 9.77. The Labute approximate surface area is 108 Å². The molecule has 0 saturated heterocycles. The van der Waals surface area contributed by atoms with Gasteiger partial charge in [-0.05, 0) is 18.8 Å². The van der Waals surface area contributed by atoms with E-state index in [1.807, 2.05) is 0 Å². The second-order valence-electron chi connectivity index (χ2n) is 4.63. The van der Waals surface area contributed by atoms with Gasteiger partial charge in [-0.25, -0.2) is 19.3 Å². The lowest BCUT2D eigenvalue weighted by atomic mass is 10.1. The van der Waals surface area contributed by atoms with Crippen molar-refractivity contribution in [3.63, 3.8) is 0 Å². The second kappa shape index (κ2) is 4.61. The van der Waals surface area contributed by atoms with Crippen LogP contribution in [0, 0.1) is 5.92 Å². The minimum Gasteiger partial charge on any atom is -0.367 e. The van der Waals surface area contributed by atoms with E-state index in [1.165, 1.54) is 17.1 Å². The Morgan fingerprint density at radius 3 is 3.28 bits per heavy atom. The number of rotatable bonds is 3. The summed E-state index contributed by atoms with van der Waals surface area (Å²) in [4.78, 5) is 15.5. The highest BCUT2D eigenvalue weighted by molar-refractivity contribution is 6.18. The maximum Gasteiger partial charge on any atom is 0.348 e. The first-order chi connectivity index (χ1) is 8.78. The van der Waals surface area contributed by atoms with Crippen molar-refractivity contribution in [3.05, 3.63) is 22.9 Å². The van der Waals surface area contributed by atoms with Crippen LogP contribution in [-0.2, 0) is 0 Å². The summed E-state index contributed by atoms with van der Waals surface area (Å²) in [5, 5.41) is 9.68. The molecule has 1 aliphatic carbocycles. The number of nitrogens with zero attached hydrogens (tertiary/aromatic N) is 3. The number of hydrogen-bond donors (Lipinski definition) is 2. The van der Waals surface area contributed by atoms with E-state index in [4.69, 9.17) is 11.6 Å². The fourth-order valence-corrected chi connectivity index (χ4v) is 2.86. The van der Waals surface area contributed by atoms with Crippen molar-refractivity contribution >= 4 is 23.1 Å². The fourth-order valence-electron chi connectivity index (χ4n) is 2.49. The van der Waals surface area contributed by atoms with E-state index in [0.29, 0.717) is 23.5 Å². The van der Waals surface area contributed by atoms with Crippen molar-refractivity contribution < 1.29 is 0 Å². The highest BCUT2D eigenvalue weighted by atomic mass is 35.5. The summed E-state index contributed by atoms with van der Waals surface area (Å²) in [6.07, 6.45) is 4.94. The van der Waals surface area contributed by atoms with Gasteiger partial charge in [0.2, 0.25) is 0 Å². The molecule has 3 rings (SSSR count). The Balaban J connectivity index is 1.84. The van der Waals surface area contributed by atoms with Crippen LogP contribution in [0.15, 0.2) is 17.2 Å². The summed E-state index contributed by atoms with van der Waals surface area (Å²) in [5.41, 5.74) is 0.293. The summed E-state index contributed by atoms with van der Waals surface area (Å²) in [5.74, 6) is 1.90. The highest BCUT2D eigenvalue weighted by Gasteiger charge is 2.26. The van der Waals surface area contributed by atoms with E-state index in [1.54, 1.807) is 6.07 Å². The first-order valence-corrected chi connectivity index (χ1v) is 6.56. The largest absolute Gasteiger partial charge is 0.367 e. The molecule has 0 amide bonds. The van der Waals surface area contributed by atoms with Crippen molar-refractivity contribution in [2.75, 3.05) is 11.2 Å². The molecular weight excluding hydrogens is 254 g/mol. The van der Waals surface area contributed by atoms with Crippen molar-refractivity contribution in [2.45, 2.75) is 25.3 Å². The molecular formula is C11H14ClN5O. The van der Waals surface area contributed by atoms with Gasteiger partial charge in [-0.3, -0.25) is 0 Å². The van der Waals surface area contributed by atoms with Crippen LogP contribution in [0.5, 0.6) is 0 Å². The molecule has 0 bridgehead atoms. The van der Waals surface area contributed by atoms with Crippen molar-refractivity contribution in [1.29, 1.82) is 0 Å². The number of fused-ring (bicyclic) bond motifs is 1. The van der Waals surface area contributed by atoms with Gasteiger partial charge >= 0.3 is 5.69 Å². The summed E-state index contributed by atoms with van der Waals surface area (Å²) in [7, 11) is 0. The van der Waals surface area contributed by atoms with Crippen LogP contribution in [0.1, 0.15) is 19.3 Å². The molecule has 1 aliphatic rings. The van der Waals surface area contributed by atoms with E-state index in [0.717, 1.165) is 18.7 Å². The van der Waals surface area contributed by atoms with Crippen LogP contribution < -0.4 is 11.0 Å². The molecule has 2 unspecified atom stereocenters. The van der Waals surface area contributed by atoms with Crippen LogP contribution in [-0.4, -0.2) is 31.5 Å². The Kier molecular flexibility index (Phi) is 2.95. The molecule has 2 N–H and O–H groups in total. The highest BCUT2D eigenvalue weighted by Crippen LogP contribution is 2.28. The number of nitrogens with one attached hydrogen (secondary N) is 2. The maximum absolute atomic E-state index is 11.3. The predicted molar refractivity (Wildman–Crippen MR) is 69.1 cm³/mol. The number of halogens is 1. The van der Waals surface area contributed by atoms with Gasteiger partial charge in [0.05, 0.1) is 0 Å². The van der Waals surface area contributed by atoms with Gasteiger partial charge in [0.15, 0.2) is 5.65 Å². The van der Waals surface area contributed by atoms with Gasteiger partial charge in [-0.15, -0.1) is 11.6 Å². The van der Waals surface area contributed by atoms with E-state index in [9.17, 15) is 4.79 Å². The topological polar surface area (TPSA) is 75.1 Å². The molecule has 0 radical (unpaired) electrons. The molecule has 2 heterocycles. The van der Waals surface area contributed by atoms with E-state index in [-0.39, 0.29) is 5.69 Å². The molecule has 2 aromatic heterocycles. The summed E-state index contributed by atoms with van der Waals surface area (Å²) < 4.78 is 1.37. The first-order valence-electron chi connectivity index (χ1n) is 6.03.